The molecule has 0 aliphatic heterocycles. The average Bonchev–Trinajstić information content (AvgIpc) is 2.76. The normalized spacial score (nSPS) is 11.5. The molecule has 2 rings (SSSR count). The lowest BCUT2D eigenvalue weighted by atomic mass is 10.1. The van der Waals surface area contributed by atoms with Gasteiger partial charge in [0.15, 0.2) is 6.61 Å². The molecule has 4 heteroatoms. The summed E-state index contributed by atoms with van der Waals surface area (Å²) in [6.45, 7) is 4.34. The number of rotatable bonds is 4. The molecule has 0 saturated carbocycles. The summed E-state index contributed by atoms with van der Waals surface area (Å²) in [7, 11) is 0. The molecule has 0 amide bonds. The van der Waals surface area contributed by atoms with E-state index < -0.39 is 0 Å². The Labute approximate surface area is 105 Å². The monoisotopic (exact) mass is 246 g/mol. The largest absolute Gasteiger partial charge is 0.389 e. The van der Waals surface area contributed by atoms with Crippen LogP contribution in [0.3, 0.4) is 0 Å². The van der Waals surface area contributed by atoms with Crippen molar-refractivity contribution >= 4 is 17.0 Å². The van der Waals surface area contributed by atoms with E-state index >= 15 is 0 Å². The molecule has 2 aromatic rings. The maximum Gasteiger partial charge on any atom is 0.159 e. The third-order valence-electron chi connectivity index (χ3n) is 2.27. The van der Waals surface area contributed by atoms with Crippen molar-refractivity contribution in [1.82, 2.24) is 4.98 Å². The summed E-state index contributed by atoms with van der Waals surface area (Å²) in [5.41, 5.74) is 2.87. The minimum atomic E-state index is 0.425. The van der Waals surface area contributed by atoms with Crippen LogP contribution in [-0.4, -0.2) is 10.7 Å². The van der Waals surface area contributed by atoms with E-state index in [1.165, 1.54) is 0 Å². The van der Waals surface area contributed by atoms with Crippen LogP contribution in [0.4, 0.5) is 0 Å². The van der Waals surface area contributed by atoms with Gasteiger partial charge in [0, 0.05) is 5.38 Å². The topological polar surface area (TPSA) is 34.5 Å². The number of aryl methyl sites for hydroxylation is 1. The molecule has 17 heavy (non-hydrogen) atoms. The van der Waals surface area contributed by atoms with Gasteiger partial charge in [0.05, 0.1) is 16.4 Å². The lowest BCUT2D eigenvalue weighted by molar-refractivity contribution is 0.128. The zero-order valence-corrected chi connectivity index (χ0v) is 10.7. The minimum absolute atomic E-state index is 0.425. The SMILES string of the molecule is C/C(=N\OCc1csc(C)n1)c1ccccc1. The highest BCUT2D eigenvalue weighted by molar-refractivity contribution is 7.09. The quantitative estimate of drug-likeness (QED) is 0.612. The van der Waals surface area contributed by atoms with Crippen LogP contribution in [0.2, 0.25) is 0 Å². The van der Waals surface area contributed by atoms with Crippen molar-refractivity contribution in [1.29, 1.82) is 0 Å². The molecule has 0 N–H and O–H groups in total. The summed E-state index contributed by atoms with van der Waals surface area (Å²) in [6, 6.07) is 9.97. The molecule has 0 atom stereocenters. The van der Waals surface area contributed by atoms with Crippen molar-refractivity contribution in [2.45, 2.75) is 20.5 Å². The fourth-order valence-corrected chi connectivity index (χ4v) is 2.00. The highest BCUT2D eigenvalue weighted by Gasteiger charge is 1.99. The summed E-state index contributed by atoms with van der Waals surface area (Å²) < 4.78 is 0. The smallest absolute Gasteiger partial charge is 0.159 e. The lowest BCUT2D eigenvalue weighted by Crippen LogP contribution is -1.96. The molecule has 3 nitrogen and oxygen atoms in total. The Hall–Kier alpha value is -1.68. The maximum atomic E-state index is 5.28. The van der Waals surface area contributed by atoms with Gasteiger partial charge in [-0.05, 0) is 19.4 Å². The number of aromatic nitrogens is 1. The van der Waals surface area contributed by atoms with Crippen LogP contribution in [0.1, 0.15) is 23.2 Å². The van der Waals surface area contributed by atoms with Gasteiger partial charge >= 0.3 is 0 Å². The molecule has 0 aliphatic rings. The van der Waals surface area contributed by atoms with Crippen molar-refractivity contribution in [2.24, 2.45) is 5.16 Å². The molecular formula is C13H14N2OS. The Bertz CT molecular complexity index is 505. The van der Waals surface area contributed by atoms with Crippen LogP contribution in [0.15, 0.2) is 40.9 Å². The Kier molecular flexibility index (Phi) is 3.88. The number of nitrogens with zero attached hydrogens (tertiary/aromatic N) is 2. The third kappa shape index (κ3) is 3.39. The molecule has 0 bridgehead atoms. The van der Waals surface area contributed by atoms with Crippen molar-refractivity contribution in [3.8, 4) is 0 Å². The highest BCUT2D eigenvalue weighted by Crippen LogP contribution is 2.09. The first-order valence-corrected chi connectivity index (χ1v) is 6.26. The second-order valence-electron chi connectivity index (χ2n) is 3.67. The van der Waals surface area contributed by atoms with E-state index in [-0.39, 0.29) is 0 Å². The van der Waals surface area contributed by atoms with E-state index in [2.05, 4.69) is 10.1 Å². The Morgan fingerprint density at radius 2 is 2.12 bits per heavy atom. The summed E-state index contributed by atoms with van der Waals surface area (Å²) in [5, 5.41) is 7.12. The van der Waals surface area contributed by atoms with E-state index in [0.717, 1.165) is 22.0 Å². The standard InChI is InChI=1S/C13H14N2OS/c1-10(12-6-4-3-5-7-12)15-16-8-13-9-17-11(2)14-13/h3-7,9H,8H2,1-2H3/b15-10+. The van der Waals surface area contributed by atoms with Crippen LogP contribution in [0.5, 0.6) is 0 Å². The second-order valence-corrected chi connectivity index (χ2v) is 4.74. The summed E-state index contributed by atoms with van der Waals surface area (Å²) >= 11 is 1.62. The van der Waals surface area contributed by atoms with Gasteiger partial charge in [0.25, 0.3) is 0 Å². The van der Waals surface area contributed by atoms with E-state index in [4.69, 9.17) is 4.84 Å². The van der Waals surface area contributed by atoms with Gasteiger partial charge < -0.3 is 4.84 Å². The van der Waals surface area contributed by atoms with Gasteiger partial charge in [-0.15, -0.1) is 11.3 Å². The fraction of sp³-hybridized carbons (Fsp3) is 0.231. The molecule has 0 unspecified atom stereocenters. The summed E-state index contributed by atoms with van der Waals surface area (Å²) in [4.78, 5) is 9.59. The Morgan fingerprint density at radius 1 is 1.35 bits per heavy atom. The van der Waals surface area contributed by atoms with E-state index in [1.54, 1.807) is 11.3 Å². The molecule has 0 radical (unpaired) electrons. The van der Waals surface area contributed by atoms with E-state index in [1.807, 2.05) is 49.6 Å². The second kappa shape index (κ2) is 5.59. The van der Waals surface area contributed by atoms with Gasteiger partial charge in [-0.2, -0.15) is 0 Å². The van der Waals surface area contributed by atoms with Crippen LogP contribution in [0.25, 0.3) is 0 Å². The first kappa shape index (κ1) is 11.8. The molecule has 88 valence electrons. The Balaban J connectivity index is 1.93. The average molecular weight is 246 g/mol. The van der Waals surface area contributed by atoms with E-state index in [0.29, 0.717) is 6.61 Å². The molecule has 0 spiro atoms. The first-order valence-electron chi connectivity index (χ1n) is 5.38. The van der Waals surface area contributed by atoms with Crippen LogP contribution >= 0.6 is 11.3 Å². The highest BCUT2D eigenvalue weighted by atomic mass is 32.1. The van der Waals surface area contributed by atoms with Crippen molar-refractivity contribution in [3.63, 3.8) is 0 Å². The molecular weight excluding hydrogens is 232 g/mol. The Morgan fingerprint density at radius 3 is 2.76 bits per heavy atom. The van der Waals surface area contributed by atoms with Gasteiger partial charge in [0.1, 0.15) is 0 Å². The van der Waals surface area contributed by atoms with Crippen molar-refractivity contribution in [3.05, 3.63) is 52.0 Å². The number of thiazole rings is 1. The minimum Gasteiger partial charge on any atom is -0.389 e. The number of hydrogen-bond donors (Lipinski definition) is 0. The number of oxime groups is 1. The number of benzene rings is 1. The first-order chi connectivity index (χ1) is 8.25. The molecule has 1 heterocycles. The predicted octanol–water partition coefficient (Wildman–Crippen LogP) is 3.39. The van der Waals surface area contributed by atoms with Crippen LogP contribution in [0, 0.1) is 6.92 Å². The van der Waals surface area contributed by atoms with Gasteiger partial charge in [0.2, 0.25) is 0 Å². The molecule has 0 fully saturated rings. The molecule has 0 saturated heterocycles. The fourth-order valence-electron chi connectivity index (χ4n) is 1.40. The number of hydrogen-bond acceptors (Lipinski definition) is 4. The molecule has 0 aliphatic carbocycles. The predicted molar refractivity (Wildman–Crippen MR) is 70.3 cm³/mol. The van der Waals surface area contributed by atoms with Gasteiger partial charge in [-0.3, -0.25) is 0 Å². The van der Waals surface area contributed by atoms with Crippen LogP contribution in [-0.2, 0) is 11.4 Å². The van der Waals surface area contributed by atoms with Crippen molar-refractivity contribution in [2.75, 3.05) is 0 Å². The summed E-state index contributed by atoms with van der Waals surface area (Å²) in [5.74, 6) is 0. The zero-order valence-electron chi connectivity index (χ0n) is 9.88. The molecule has 1 aromatic carbocycles. The van der Waals surface area contributed by atoms with Gasteiger partial charge in [-0.1, -0.05) is 35.5 Å². The van der Waals surface area contributed by atoms with E-state index in [9.17, 15) is 0 Å². The third-order valence-corrected chi connectivity index (χ3v) is 3.09. The van der Waals surface area contributed by atoms with Gasteiger partial charge in [-0.25, -0.2) is 4.98 Å². The zero-order chi connectivity index (χ0) is 12.1. The lowest BCUT2D eigenvalue weighted by Gasteiger charge is -2.00. The van der Waals surface area contributed by atoms with Crippen LogP contribution < -0.4 is 0 Å². The van der Waals surface area contributed by atoms with Crippen molar-refractivity contribution < 1.29 is 4.84 Å². The maximum absolute atomic E-state index is 5.28. The summed E-state index contributed by atoms with van der Waals surface area (Å²) in [6.07, 6.45) is 0. The molecule has 1 aromatic heterocycles.